The monoisotopic (exact) mass is 632 g/mol. The third-order valence-corrected chi connectivity index (χ3v) is 8.69. The molecule has 2 amide bonds. The average Bonchev–Trinajstić information content (AvgIpc) is 3.62. The molecule has 0 aliphatic carbocycles. The molecule has 3 unspecified atom stereocenters. The van der Waals surface area contributed by atoms with Crippen molar-refractivity contribution >= 4 is 29.9 Å². The predicted molar refractivity (Wildman–Crippen MR) is 177 cm³/mol. The molecule has 11 heteroatoms. The highest BCUT2D eigenvalue weighted by molar-refractivity contribution is 6.02. The normalized spacial score (nSPS) is 20.7. The van der Waals surface area contributed by atoms with Gasteiger partial charge in [-0.3, -0.25) is 14.6 Å². The Kier molecular flexibility index (Phi) is 10.2. The van der Waals surface area contributed by atoms with Gasteiger partial charge in [-0.05, 0) is 70.6 Å². The minimum Gasteiger partial charge on any atom is -0.493 e. The lowest BCUT2D eigenvalue weighted by molar-refractivity contribution is -0.116. The lowest BCUT2D eigenvalue weighted by Gasteiger charge is -2.31. The maximum Gasteiger partial charge on any atom is 0.260 e. The fourth-order valence-electron chi connectivity index (χ4n) is 6.15. The van der Waals surface area contributed by atoms with Gasteiger partial charge in [-0.1, -0.05) is 11.1 Å². The van der Waals surface area contributed by atoms with Crippen molar-refractivity contribution in [1.82, 2.24) is 9.80 Å². The number of hydrogen-bond donors (Lipinski definition) is 1. The Morgan fingerprint density at radius 1 is 0.891 bits per heavy atom. The molecule has 0 spiro atoms. The van der Waals surface area contributed by atoms with E-state index in [1.807, 2.05) is 45.3 Å². The van der Waals surface area contributed by atoms with Crippen molar-refractivity contribution in [3.8, 4) is 23.0 Å². The second kappa shape index (κ2) is 14.3. The maximum atomic E-state index is 13.4. The molecule has 5 rings (SSSR count). The van der Waals surface area contributed by atoms with E-state index in [-0.39, 0.29) is 18.0 Å². The minimum absolute atomic E-state index is 0.0918. The molecule has 0 bridgehead atoms. The van der Waals surface area contributed by atoms with E-state index in [0.717, 1.165) is 54.5 Å². The molecule has 11 nitrogen and oxygen atoms in total. The van der Waals surface area contributed by atoms with Gasteiger partial charge >= 0.3 is 0 Å². The first-order valence-corrected chi connectivity index (χ1v) is 15.7. The van der Waals surface area contributed by atoms with Crippen LogP contribution >= 0.6 is 0 Å². The summed E-state index contributed by atoms with van der Waals surface area (Å²) >= 11 is 0. The Morgan fingerprint density at radius 3 is 2.22 bits per heavy atom. The second-order valence-electron chi connectivity index (χ2n) is 12.1. The van der Waals surface area contributed by atoms with E-state index in [9.17, 15) is 14.7 Å². The minimum atomic E-state index is -0.850. The standard InChI is InChI=1S/C35H44N4O7/c1-22-12-25(38(19-22)21-40)18-36-27-16-32(30(43-5)14-24(27)3)45-10-8-7-9-11-46-33-17-28-26(15-31(33)44-6)34(41)39-20-23(2)13-29(39)35(42)37(28)4/h14-21,25,29,35,42H,7-13H2,1-6H3/b36-18-. The molecule has 46 heavy (non-hydrogen) atoms. The van der Waals surface area contributed by atoms with Gasteiger partial charge in [0.15, 0.2) is 23.0 Å². The third kappa shape index (κ3) is 6.84. The molecule has 3 aliphatic rings. The number of carbonyl (C=O) groups is 2. The molecule has 3 aliphatic heterocycles. The molecule has 0 saturated carbocycles. The van der Waals surface area contributed by atoms with E-state index in [1.165, 1.54) is 0 Å². The molecule has 2 aromatic rings. The van der Waals surface area contributed by atoms with E-state index in [0.29, 0.717) is 53.9 Å². The largest absolute Gasteiger partial charge is 0.493 e. The number of fused-ring (bicyclic) bond motifs is 2. The van der Waals surface area contributed by atoms with Crippen LogP contribution in [0.1, 0.15) is 61.9 Å². The summed E-state index contributed by atoms with van der Waals surface area (Å²) in [7, 11) is 4.96. The fourth-order valence-corrected chi connectivity index (χ4v) is 6.15. The van der Waals surface area contributed by atoms with E-state index < -0.39 is 6.23 Å². The Bertz CT molecular complexity index is 1550. The number of unbranched alkanes of at least 4 members (excludes halogenated alkanes) is 2. The van der Waals surface area contributed by atoms with Crippen molar-refractivity contribution in [3.05, 3.63) is 58.9 Å². The number of aryl methyl sites for hydroxylation is 1. The molecule has 3 atom stereocenters. The number of methoxy groups -OCH3 is 2. The third-order valence-electron chi connectivity index (χ3n) is 8.69. The average molecular weight is 633 g/mol. The Morgan fingerprint density at radius 2 is 1.54 bits per heavy atom. The topological polar surface area (TPSA) is 113 Å². The summed E-state index contributed by atoms with van der Waals surface area (Å²) in [5, 5.41) is 11.1. The van der Waals surface area contributed by atoms with Crippen molar-refractivity contribution in [2.45, 2.75) is 71.2 Å². The molecular formula is C35H44N4O7. The van der Waals surface area contributed by atoms with Crippen LogP contribution in [0, 0.1) is 6.92 Å². The number of hydrogen-bond acceptors (Lipinski definition) is 9. The number of amides is 2. The smallest absolute Gasteiger partial charge is 0.260 e. The van der Waals surface area contributed by atoms with Gasteiger partial charge in [0.1, 0.15) is 6.23 Å². The summed E-state index contributed by atoms with van der Waals surface area (Å²) in [6, 6.07) is 6.83. The van der Waals surface area contributed by atoms with Crippen molar-refractivity contribution < 1.29 is 33.6 Å². The molecule has 3 heterocycles. The van der Waals surface area contributed by atoms with Gasteiger partial charge in [-0.25, -0.2) is 0 Å². The molecule has 0 aromatic heterocycles. The summed E-state index contributed by atoms with van der Waals surface area (Å²) in [4.78, 5) is 34.4. The van der Waals surface area contributed by atoms with Crippen molar-refractivity contribution in [2.75, 3.05) is 39.4 Å². The highest BCUT2D eigenvalue weighted by atomic mass is 16.5. The molecule has 1 N–H and O–H groups in total. The number of nitrogens with zero attached hydrogens (tertiary/aromatic N) is 4. The van der Waals surface area contributed by atoms with E-state index in [4.69, 9.17) is 18.9 Å². The number of anilines is 1. The maximum absolute atomic E-state index is 13.4. The van der Waals surface area contributed by atoms with Crippen molar-refractivity contribution in [3.63, 3.8) is 0 Å². The Labute approximate surface area is 270 Å². The van der Waals surface area contributed by atoms with Crippen LogP contribution in [0.5, 0.6) is 23.0 Å². The SMILES string of the molecule is COc1cc(C)c(/N=C\C2CC(C)=CN2C=O)cc1OCCCCCOc1cc2c(cc1OC)C(=O)N1C=C(C)CC1C(O)N2C. The molecule has 0 saturated heterocycles. The molecule has 2 aromatic carbocycles. The summed E-state index contributed by atoms with van der Waals surface area (Å²) in [5.41, 5.74) is 4.97. The summed E-state index contributed by atoms with van der Waals surface area (Å²) in [5.74, 6) is 2.09. The first-order valence-electron chi connectivity index (χ1n) is 15.7. The number of likely N-dealkylation sites (N-methyl/N-ethyl adjacent to an activating group) is 1. The van der Waals surface area contributed by atoms with Crippen LogP contribution in [-0.4, -0.2) is 86.2 Å². The quantitative estimate of drug-likeness (QED) is 0.178. The van der Waals surface area contributed by atoms with Crippen LogP contribution in [0.15, 0.2) is 52.8 Å². The number of carbonyl (C=O) groups excluding carboxylic acids is 2. The summed E-state index contributed by atoms with van der Waals surface area (Å²) < 4.78 is 23.3. The zero-order chi connectivity index (χ0) is 33.0. The predicted octanol–water partition coefficient (Wildman–Crippen LogP) is 5.36. The summed E-state index contributed by atoms with van der Waals surface area (Å²) in [6.45, 7) is 6.87. The molecule has 246 valence electrons. The molecule has 0 fully saturated rings. The van der Waals surface area contributed by atoms with Crippen LogP contribution in [0.25, 0.3) is 0 Å². The van der Waals surface area contributed by atoms with E-state index in [2.05, 4.69) is 4.99 Å². The second-order valence-corrected chi connectivity index (χ2v) is 12.1. The van der Waals surface area contributed by atoms with E-state index in [1.54, 1.807) is 54.3 Å². The zero-order valence-electron chi connectivity index (χ0n) is 27.5. The number of aliphatic imine (C=N–C) groups is 1. The van der Waals surface area contributed by atoms with Gasteiger partial charge in [-0.2, -0.15) is 0 Å². The van der Waals surface area contributed by atoms with Gasteiger partial charge in [0.05, 0.1) is 56.5 Å². The summed E-state index contributed by atoms with van der Waals surface area (Å²) in [6.07, 6.45) is 9.28. The first-order chi connectivity index (χ1) is 22.1. The Balaban J connectivity index is 1.15. The highest BCUT2D eigenvalue weighted by Crippen LogP contribution is 2.41. The van der Waals surface area contributed by atoms with Gasteiger partial charge < -0.3 is 38.8 Å². The lowest BCUT2D eigenvalue weighted by Crippen LogP contribution is -2.46. The molecule has 0 radical (unpaired) electrons. The van der Waals surface area contributed by atoms with Crippen molar-refractivity contribution in [2.24, 2.45) is 4.99 Å². The van der Waals surface area contributed by atoms with E-state index >= 15 is 0 Å². The van der Waals surface area contributed by atoms with Gasteiger partial charge in [0.2, 0.25) is 6.41 Å². The van der Waals surface area contributed by atoms with Gasteiger partial charge in [0.25, 0.3) is 5.91 Å². The van der Waals surface area contributed by atoms with Gasteiger partial charge in [0, 0.05) is 37.8 Å². The number of rotatable bonds is 13. The number of aliphatic hydroxyl groups is 1. The number of benzene rings is 2. The first kappa shape index (κ1) is 32.9. The number of ether oxygens (including phenoxy) is 4. The highest BCUT2D eigenvalue weighted by Gasteiger charge is 2.41. The van der Waals surface area contributed by atoms with Crippen LogP contribution < -0.4 is 23.8 Å². The van der Waals surface area contributed by atoms with Crippen LogP contribution in [0.3, 0.4) is 0 Å². The fraction of sp³-hybridized carbons (Fsp3) is 0.457. The molecular weight excluding hydrogens is 588 g/mol. The van der Waals surface area contributed by atoms with Crippen LogP contribution in [0.4, 0.5) is 11.4 Å². The number of aliphatic hydroxyl groups excluding tert-OH is 1. The van der Waals surface area contributed by atoms with Crippen LogP contribution in [0.2, 0.25) is 0 Å². The zero-order valence-corrected chi connectivity index (χ0v) is 27.5. The van der Waals surface area contributed by atoms with Crippen molar-refractivity contribution in [1.29, 1.82) is 0 Å². The lowest BCUT2D eigenvalue weighted by atomic mass is 10.1. The van der Waals surface area contributed by atoms with Crippen LogP contribution in [-0.2, 0) is 4.79 Å². The Hall–Kier alpha value is -4.51. The van der Waals surface area contributed by atoms with Gasteiger partial charge in [-0.15, -0.1) is 0 Å².